The smallest absolute Gasteiger partial charge is 0.184 e. The Morgan fingerprint density at radius 3 is 2.65 bits per heavy atom. The molecule has 2 saturated heterocycles. The molecule has 0 aliphatic carbocycles. The minimum absolute atomic E-state index is 0.0316. The number of aliphatic hydroxyl groups is 1. The molecule has 2 aliphatic rings. The average Bonchev–Trinajstić information content (AvgIpc) is 3.06. The summed E-state index contributed by atoms with van der Waals surface area (Å²) in [6.07, 6.45) is 4.17. The van der Waals surface area contributed by atoms with Crippen molar-refractivity contribution < 1.29 is 28.8 Å². The first kappa shape index (κ1) is 37.5. The van der Waals surface area contributed by atoms with Gasteiger partial charge in [0.15, 0.2) is 12.6 Å². The molecular formula is C35H52N2O6S3. The fourth-order valence-electron chi connectivity index (χ4n) is 5.80. The number of aromatic nitrogens is 1. The van der Waals surface area contributed by atoms with Crippen LogP contribution in [0.1, 0.15) is 76.2 Å². The number of benzene rings is 1. The van der Waals surface area contributed by atoms with Crippen molar-refractivity contribution in [1.29, 1.82) is 0 Å². The van der Waals surface area contributed by atoms with Crippen LogP contribution in [0.5, 0.6) is 0 Å². The molecule has 7 atom stereocenters. The molecule has 11 heteroatoms. The van der Waals surface area contributed by atoms with E-state index < -0.39 is 12.6 Å². The average molecular weight is 693 g/mol. The first-order chi connectivity index (χ1) is 22.2. The lowest BCUT2D eigenvalue weighted by Crippen LogP contribution is -2.57. The molecule has 256 valence electrons. The predicted octanol–water partition coefficient (Wildman–Crippen LogP) is 7.15. The van der Waals surface area contributed by atoms with Crippen molar-refractivity contribution >= 4 is 34.2 Å². The summed E-state index contributed by atoms with van der Waals surface area (Å²) in [7, 11) is 3.46. The minimum Gasteiger partial charge on any atom is -0.498 e. The Morgan fingerprint density at radius 1 is 1.13 bits per heavy atom. The zero-order valence-corrected chi connectivity index (χ0v) is 29.9. The largest absolute Gasteiger partial charge is 0.498 e. The fraction of sp³-hybridized carbons (Fsp3) is 0.629. The molecule has 0 amide bonds. The summed E-state index contributed by atoms with van der Waals surface area (Å²) >= 11 is 4.72. The Labute approximate surface area is 288 Å². The third kappa shape index (κ3) is 11.4. The van der Waals surface area contributed by atoms with E-state index in [-0.39, 0.29) is 35.5 Å². The summed E-state index contributed by atoms with van der Waals surface area (Å²) in [5.74, 6) is 2.99. The second-order valence-corrected chi connectivity index (χ2v) is 15.6. The maximum Gasteiger partial charge on any atom is 0.184 e. The number of fused-ring (bicyclic) bond motifs is 1. The molecule has 0 radical (unpaired) electrons. The zero-order valence-electron chi connectivity index (χ0n) is 27.4. The van der Waals surface area contributed by atoms with E-state index in [4.69, 9.17) is 42.0 Å². The second kappa shape index (κ2) is 19.0. The Bertz CT molecular complexity index is 1170. The van der Waals surface area contributed by atoms with E-state index in [0.29, 0.717) is 19.6 Å². The number of rotatable bonds is 19. The summed E-state index contributed by atoms with van der Waals surface area (Å²) in [5, 5.41) is 10.9. The lowest BCUT2D eigenvalue weighted by atomic mass is 9.72. The number of pyridine rings is 1. The molecule has 2 aliphatic heterocycles. The number of nitrogens with two attached hydrogens (primary N) is 1. The van der Waals surface area contributed by atoms with Crippen LogP contribution in [0.15, 0.2) is 66.0 Å². The zero-order chi connectivity index (χ0) is 32.9. The maximum absolute atomic E-state index is 9.84. The van der Waals surface area contributed by atoms with Crippen LogP contribution in [0.3, 0.4) is 0 Å². The highest BCUT2D eigenvalue weighted by atomic mass is 33.1. The van der Waals surface area contributed by atoms with Gasteiger partial charge in [-0.1, -0.05) is 68.5 Å². The van der Waals surface area contributed by atoms with Crippen molar-refractivity contribution in [2.45, 2.75) is 94.6 Å². The van der Waals surface area contributed by atoms with E-state index in [1.807, 2.05) is 24.4 Å². The molecule has 3 N–H and O–H groups in total. The SMILES string of the molecule is C=C(OCCCCCOCCSSc1ccccn1)C(C)C(C)(C)CC(CS)c1ccc(C2OCC3O[C@H](O)CC(N)[C@@H]3O2)cc1. The Hall–Kier alpha value is -1.28. The molecule has 46 heavy (non-hydrogen) atoms. The van der Waals surface area contributed by atoms with E-state index in [0.717, 1.165) is 66.8 Å². The lowest BCUT2D eigenvalue weighted by molar-refractivity contribution is -0.314. The number of allylic oxidation sites excluding steroid dienone is 1. The highest BCUT2D eigenvalue weighted by Gasteiger charge is 2.42. The lowest BCUT2D eigenvalue weighted by Gasteiger charge is -2.43. The summed E-state index contributed by atoms with van der Waals surface area (Å²) in [6.45, 7) is 13.6. The summed E-state index contributed by atoms with van der Waals surface area (Å²) in [5.41, 5.74) is 8.37. The minimum atomic E-state index is -0.868. The van der Waals surface area contributed by atoms with Crippen LogP contribution in [-0.2, 0) is 23.7 Å². The standard InChI is InChI=1S/C35H52N2O6S3/c1-24(25(2)40-17-9-5-8-16-39-18-19-45-46-31-10-6-7-15-37-31)35(3,4)21-28(23-44)26-11-13-27(14-12-26)34-41-22-30-33(43-34)29(36)20-32(38)42-30/h6-7,10-15,24,28-30,32-34,38,44H,2,5,8-9,16-23,36H2,1,3-4H3/t24?,28?,29?,30?,32-,33-,34?/m0/s1. The van der Waals surface area contributed by atoms with E-state index >= 15 is 0 Å². The Balaban J connectivity index is 1.12. The molecule has 2 fully saturated rings. The van der Waals surface area contributed by atoms with Gasteiger partial charge >= 0.3 is 0 Å². The van der Waals surface area contributed by atoms with Gasteiger partial charge in [0.2, 0.25) is 0 Å². The van der Waals surface area contributed by atoms with Gasteiger partial charge in [0.1, 0.15) is 17.2 Å². The van der Waals surface area contributed by atoms with Crippen LogP contribution in [0.4, 0.5) is 0 Å². The highest BCUT2D eigenvalue weighted by Crippen LogP contribution is 2.42. The van der Waals surface area contributed by atoms with E-state index in [1.165, 1.54) is 5.56 Å². The van der Waals surface area contributed by atoms with Crippen molar-refractivity contribution in [2.75, 3.05) is 37.9 Å². The highest BCUT2D eigenvalue weighted by molar-refractivity contribution is 8.76. The number of ether oxygens (including phenoxy) is 5. The molecule has 3 heterocycles. The van der Waals surface area contributed by atoms with Crippen LogP contribution in [0.25, 0.3) is 0 Å². The molecule has 0 bridgehead atoms. The monoisotopic (exact) mass is 692 g/mol. The van der Waals surface area contributed by atoms with Gasteiger partial charge in [-0.3, -0.25) is 0 Å². The van der Waals surface area contributed by atoms with E-state index in [2.05, 4.69) is 56.6 Å². The van der Waals surface area contributed by atoms with Gasteiger partial charge in [0.25, 0.3) is 0 Å². The van der Waals surface area contributed by atoms with Crippen LogP contribution in [0, 0.1) is 11.3 Å². The van der Waals surface area contributed by atoms with Crippen LogP contribution in [-0.4, -0.2) is 72.6 Å². The fourth-order valence-corrected chi connectivity index (χ4v) is 7.88. The van der Waals surface area contributed by atoms with Crippen LogP contribution < -0.4 is 5.73 Å². The quantitative estimate of drug-likeness (QED) is 0.0609. The molecule has 0 saturated carbocycles. The summed E-state index contributed by atoms with van der Waals surface area (Å²) < 4.78 is 29.5. The van der Waals surface area contributed by atoms with Crippen LogP contribution >= 0.6 is 34.2 Å². The number of unbranched alkanes of at least 4 members (excludes halogenated alkanes) is 2. The van der Waals surface area contributed by atoms with Crippen LogP contribution in [0.2, 0.25) is 0 Å². The van der Waals surface area contributed by atoms with E-state index in [9.17, 15) is 5.11 Å². The Kier molecular flexibility index (Phi) is 15.5. The third-order valence-electron chi connectivity index (χ3n) is 8.93. The Morgan fingerprint density at radius 2 is 1.91 bits per heavy atom. The van der Waals surface area contributed by atoms with Crippen molar-refractivity contribution in [3.05, 3.63) is 72.1 Å². The van der Waals surface area contributed by atoms with Crippen molar-refractivity contribution in [3.63, 3.8) is 0 Å². The molecule has 1 aromatic carbocycles. The number of hydrogen-bond acceptors (Lipinski definition) is 11. The van der Waals surface area contributed by atoms with E-state index in [1.54, 1.807) is 21.6 Å². The first-order valence-corrected chi connectivity index (χ1v) is 19.3. The molecule has 1 aromatic heterocycles. The number of thiol groups is 1. The van der Waals surface area contributed by atoms with Gasteiger partial charge in [0, 0.05) is 42.5 Å². The first-order valence-electron chi connectivity index (χ1n) is 16.3. The number of hydrogen-bond donors (Lipinski definition) is 3. The van der Waals surface area contributed by atoms with Crippen molar-refractivity contribution in [2.24, 2.45) is 17.1 Å². The van der Waals surface area contributed by atoms with Crippen molar-refractivity contribution in [1.82, 2.24) is 4.98 Å². The summed E-state index contributed by atoms with van der Waals surface area (Å²) in [6, 6.07) is 14.1. The summed E-state index contributed by atoms with van der Waals surface area (Å²) in [4.78, 5) is 4.31. The van der Waals surface area contributed by atoms with Gasteiger partial charge in [-0.15, -0.1) is 0 Å². The topological polar surface area (TPSA) is 105 Å². The van der Waals surface area contributed by atoms with Gasteiger partial charge in [0.05, 0.1) is 25.6 Å². The third-order valence-corrected chi connectivity index (χ3v) is 11.6. The molecule has 0 spiro atoms. The predicted molar refractivity (Wildman–Crippen MR) is 190 cm³/mol. The second-order valence-electron chi connectivity index (χ2n) is 12.8. The molecule has 5 unspecified atom stereocenters. The molecule has 2 aromatic rings. The molecule has 4 rings (SSSR count). The van der Waals surface area contributed by atoms with Crippen molar-refractivity contribution in [3.8, 4) is 0 Å². The van der Waals surface area contributed by atoms with Gasteiger partial charge in [-0.25, -0.2) is 4.98 Å². The number of aliphatic hydroxyl groups excluding tert-OH is 1. The molecular weight excluding hydrogens is 641 g/mol. The van der Waals surface area contributed by atoms with Gasteiger partial charge in [-0.05, 0) is 71.3 Å². The molecule has 8 nitrogen and oxygen atoms in total. The number of nitrogens with zero attached hydrogens (tertiary/aromatic N) is 1. The van der Waals surface area contributed by atoms with Gasteiger partial charge < -0.3 is 34.5 Å². The normalized spacial score (nSPS) is 24.6. The van der Waals surface area contributed by atoms with Gasteiger partial charge in [-0.2, -0.15) is 12.6 Å². The maximum atomic E-state index is 9.84.